The van der Waals surface area contributed by atoms with Gasteiger partial charge in [0.15, 0.2) is 4.77 Å². The molecule has 0 aliphatic carbocycles. The molecule has 1 heterocycles. The number of H-pyrrole nitrogens is 1. The van der Waals surface area contributed by atoms with E-state index in [0.29, 0.717) is 4.77 Å². The van der Waals surface area contributed by atoms with Crippen LogP contribution in [-0.4, -0.2) is 16.7 Å². The van der Waals surface area contributed by atoms with Crippen molar-refractivity contribution in [3.05, 3.63) is 57.3 Å². The van der Waals surface area contributed by atoms with Gasteiger partial charge in [-0.2, -0.15) is 0 Å². The Balaban J connectivity index is 2.07. The molecule has 0 bridgehead atoms. The highest BCUT2D eigenvalue weighted by molar-refractivity contribution is 9.10. The van der Waals surface area contributed by atoms with Crippen molar-refractivity contribution in [2.24, 2.45) is 0 Å². The number of ether oxygens (including phenoxy) is 1. The van der Waals surface area contributed by atoms with Gasteiger partial charge in [-0.15, -0.1) is 0 Å². The van der Waals surface area contributed by atoms with Crippen molar-refractivity contribution in [1.82, 2.24) is 9.55 Å². The van der Waals surface area contributed by atoms with Gasteiger partial charge in [0, 0.05) is 10.5 Å². The van der Waals surface area contributed by atoms with Gasteiger partial charge >= 0.3 is 0 Å². The maximum atomic E-state index is 5.42. The number of benzene rings is 2. The third-order valence-corrected chi connectivity index (χ3v) is 4.03. The number of rotatable bonds is 3. The largest absolute Gasteiger partial charge is 0.497 e. The molecule has 3 rings (SSSR count). The fourth-order valence-corrected chi connectivity index (χ4v) is 2.96. The number of fused-ring (bicyclic) bond motifs is 1. The SMILES string of the molecule is COc1ccc2c(c1)[nH]c(=S)n2Cc1cccc(Br)c1. The Hall–Kier alpha value is -1.59. The molecule has 3 aromatic rings. The lowest BCUT2D eigenvalue weighted by Gasteiger charge is -2.06. The predicted octanol–water partition coefficient (Wildman–Crippen LogP) is 4.52. The first-order chi connectivity index (χ1) is 9.67. The first-order valence-corrected chi connectivity index (χ1v) is 7.38. The molecule has 0 amide bonds. The van der Waals surface area contributed by atoms with Crippen LogP contribution >= 0.6 is 28.1 Å². The molecule has 0 atom stereocenters. The average Bonchev–Trinajstić information content (AvgIpc) is 2.74. The molecule has 0 saturated carbocycles. The minimum atomic E-state index is 0.716. The quantitative estimate of drug-likeness (QED) is 0.705. The van der Waals surface area contributed by atoms with Crippen LogP contribution in [0.5, 0.6) is 5.75 Å². The number of imidazole rings is 1. The Labute approximate surface area is 130 Å². The third-order valence-electron chi connectivity index (χ3n) is 3.21. The van der Waals surface area contributed by atoms with Gasteiger partial charge in [0.05, 0.1) is 24.7 Å². The minimum Gasteiger partial charge on any atom is -0.497 e. The Bertz CT molecular complexity index is 822. The Morgan fingerprint density at radius 3 is 2.85 bits per heavy atom. The van der Waals surface area contributed by atoms with E-state index in [4.69, 9.17) is 17.0 Å². The van der Waals surface area contributed by atoms with Crippen LogP contribution < -0.4 is 4.74 Å². The second-order valence-corrected chi connectivity index (χ2v) is 5.83. The first-order valence-electron chi connectivity index (χ1n) is 6.18. The lowest BCUT2D eigenvalue weighted by Crippen LogP contribution is -1.99. The van der Waals surface area contributed by atoms with E-state index < -0.39 is 0 Å². The van der Waals surface area contributed by atoms with Gasteiger partial charge in [-0.05, 0) is 42.0 Å². The van der Waals surface area contributed by atoms with E-state index in [9.17, 15) is 0 Å². The molecule has 102 valence electrons. The molecule has 0 aliphatic rings. The van der Waals surface area contributed by atoms with Crippen molar-refractivity contribution < 1.29 is 4.74 Å². The smallest absolute Gasteiger partial charge is 0.178 e. The fraction of sp³-hybridized carbons (Fsp3) is 0.133. The number of nitrogens with zero attached hydrogens (tertiary/aromatic N) is 1. The average molecular weight is 349 g/mol. The summed E-state index contributed by atoms with van der Waals surface area (Å²) < 4.78 is 9.11. The van der Waals surface area contributed by atoms with Gasteiger partial charge in [0.1, 0.15) is 5.75 Å². The van der Waals surface area contributed by atoms with Crippen LogP contribution in [0.1, 0.15) is 5.56 Å². The number of halogens is 1. The molecule has 3 nitrogen and oxygen atoms in total. The molecule has 20 heavy (non-hydrogen) atoms. The highest BCUT2D eigenvalue weighted by atomic mass is 79.9. The highest BCUT2D eigenvalue weighted by Crippen LogP contribution is 2.22. The third kappa shape index (κ3) is 2.51. The molecular weight excluding hydrogens is 336 g/mol. The van der Waals surface area contributed by atoms with Crippen LogP contribution in [0.25, 0.3) is 11.0 Å². The van der Waals surface area contributed by atoms with Gasteiger partial charge in [-0.25, -0.2) is 0 Å². The zero-order valence-electron chi connectivity index (χ0n) is 10.9. The van der Waals surface area contributed by atoms with E-state index in [1.165, 1.54) is 5.56 Å². The van der Waals surface area contributed by atoms with Crippen molar-refractivity contribution in [3.63, 3.8) is 0 Å². The molecule has 5 heteroatoms. The number of methoxy groups -OCH3 is 1. The lowest BCUT2D eigenvalue weighted by molar-refractivity contribution is 0.415. The number of aromatic amines is 1. The van der Waals surface area contributed by atoms with Gasteiger partial charge in [0.25, 0.3) is 0 Å². The Kier molecular flexibility index (Phi) is 3.63. The van der Waals surface area contributed by atoms with Gasteiger partial charge in [-0.3, -0.25) is 0 Å². The normalized spacial score (nSPS) is 10.9. The van der Waals surface area contributed by atoms with Gasteiger partial charge in [-0.1, -0.05) is 28.1 Å². The molecule has 0 unspecified atom stereocenters. The molecular formula is C15H13BrN2OS. The number of nitrogens with one attached hydrogen (secondary N) is 1. The summed E-state index contributed by atoms with van der Waals surface area (Å²) in [6.45, 7) is 0.741. The molecule has 0 radical (unpaired) electrons. The maximum absolute atomic E-state index is 5.42. The van der Waals surface area contributed by atoms with E-state index in [1.807, 2.05) is 30.3 Å². The summed E-state index contributed by atoms with van der Waals surface area (Å²) in [4.78, 5) is 3.22. The summed E-state index contributed by atoms with van der Waals surface area (Å²) in [7, 11) is 1.66. The maximum Gasteiger partial charge on any atom is 0.178 e. The van der Waals surface area contributed by atoms with E-state index in [2.05, 4.69) is 37.6 Å². The van der Waals surface area contributed by atoms with E-state index >= 15 is 0 Å². The van der Waals surface area contributed by atoms with Crippen LogP contribution in [0.15, 0.2) is 46.9 Å². The number of hydrogen-bond acceptors (Lipinski definition) is 2. The molecule has 2 aromatic carbocycles. The van der Waals surface area contributed by atoms with E-state index in [-0.39, 0.29) is 0 Å². The van der Waals surface area contributed by atoms with Crippen LogP contribution in [0, 0.1) is 4.77 Å². The van der Waals surface area contributed by atoms with Crippen LogP contribution in [0.4, 0.5) is 0 Å². The zero-order chi connectivity index (χ0) is 14.1. The minimum absolute atomic E-state index is 0.716. The molecule has 0 fully saturated rings. The van der Waals surface area contributed by atoms with Crippen molar-refractivity contribution >= 4 is 39.2 Å². The Morgan fingerprint density at radius 2 is 2.10 bits per heavy atom. The fourth-order valence-electron chi connectivity index (χ4n) is 2.24. The van der Waals surface area contributed by atoms with E-state index in [0.717, 1.165) is 27.8 Å². The van der Waals surface area contributed by atoms with E-state index in [1.54, 1.807) is 7.11 Å². The summed E-state index contributed by atoms with van der Waals surface area (Å²) in [5.41, 5.74) is 3.27. The highest BCUT2D eigenvalue weighted by Gasteiger charge is 2.06. The molecule has 1 N–H and O–H groups in total. The second kappa shape index (κ2) is 5.42. The first kappa shape index (κ1) is 13.4. The Morgan fingerprint density at radius 1 is 1.25 bits per heavy atom. The van der Waals surface area contributed by atoms with Crippen molar-refractivity contribution in [2.75, 3.05) is 7.11 Å². The summed E-state index contributed by atoms with van der Waals surface area (Å²) in [5.74, 6) is 0.823. The molecule has 0 saturated heterocycles. The summed E-state index contributed by atoms with van der Waals surface area (Å²) in [5, 5.41) is 0. The van der Waals surface area contributed by atoms with Crippen molar-refractivity contribution in [2.45, 2.75) is 6.54 Å². The van der Waals surface area contributed by atoms with Crippen molar-refractivity contribution in [3.8, 4) is 5.75 Å². The van der Waals surface area contributed by atoms with Crippen molar-refractivity contribution in [1.29, 1.82) is 0 Å². The zero-order valence-corrected chi connectivity index (χ0v) is 13.3. The summed E-state index contributed by atoms with van der Waals surface area (Å²) in [6.07, 6.45) is 0. The van der Waals surface area contributed by atoms with Crippen LogP contribution in [0.3, 0.4) is 0 Å². The monoisotopic (exact) mass is 348 g/mol. The predicted molar refractivity (Wildman–Crippen MR) is 86.9 cm³/mol. The van der Waals surface area contributed by atoms with Gasteiger partial charge in [0.2, 0.25) is 0 Å². The molecule has 0 spiro atoms. The topological polar surface area (TPSA) is 29.9 Å². The standard InChI is InChI=1S/C15H13BrN2OS/c1-19-12-5-6-14-13(8-12)17-15(20)18(14)9-10-3-2-4-11(16)7-10/h2-8H,9H2,1H3,(H,17,20). The van der Waals surface area contributed by atoms with Gasteiger partial charge < -0.3 is 14.3 Å². The number of aromatic nitrogens is 2. The van der Waals surface area contributed by atoms with Crippen LogP contribution in [-0.2, 0) is 6.54 Å². The second-order valence-electron chi connectivity index (χ2n) is 4.53. The molecule has 1 aromatic heterocycles. The summed E-state index contributed by atoms with van der Waals surface area (Å²) >= 11 is 8.91. The van der Waals surface area contributed by atoms with Crippen LogP contribution in [0.2, 0.25) is 0 Å². The summed E-state index contributed by atoms with van der Waals surface area (Å²) in [6, 6.07) is 14.2. The number of hydrogen-bond donors (Lipinski definition) is 1. The molecule has 0 aliphatic heterocycles. The lowest BCUT2D eigenvalue weighted by atomic mass is 10.2.